The molecule has 0 amide bonds. The number of rotatable bonds is 4. The Labute approximate surface area is 161 Å². The van der Waals surface area contributed by atoms with Crippen molar-refractivity contribution < 1.29 is 0 Å². The van der Waals surface area contributed by atoms with E-state index in [1.165, 1.54) is 28.5 Å². The molecule has 0 aliphatic carbocycles. The molecule has 0 bridgehead atoms. The summed E-state index contributed by atoms with van der Waals surface area (Å²) in [6, 6.07) is 6.52. The molecular formula is C22H40N4. The number of hydrogen-bond donors (Lipinski definition) is 1. The van der Waals surface area contributed by atoms with Gasteiger partial charge in [-0.2, -0.15) is 5.10 Å². The summed E-state index contributed by atoms with van der Waals surface area (Å²) in [5, 5.41) is 5.46. The summed E-state index contributed by atoms with van der Waals surface area (Å²) in [4.78, 5) is 7.29. The lowest BCUT2D eigenvalue weighted by Gasteiger charge is -2.03. The first kappa shape index (κ1) is 26.1. The van der Waals surface area contributed by atoms with Crippen molar-refractivity contribution in [3.63, 3.8) is 0 Å². The lowest BCUT2D eigenvalue weighted by Crippen LogP contribution is -1.99. The van der Waals surface area contributed by atoms with Crippen molar-refractivity contribution in [2.24, 2.45) is 0 Å². The number of fused-ring (bicyclic) bond motifs is 1. The highest BCUT2D eigenvalue weighted by Crippen LogP contribution is 2.21. The monoisotopic (exact) mass is 360 g/mol. The van der Waals surface area contributed by atoms with Gasteiger partial charge in [0.2, 0.25) is 0 Å². The third kappa shape index (κ3) is 8.32. The molecule has 0 aliphatic rings. The molecule has 0 spiro atoms. The second kappa shape index (κ2) is 17.7. The van der Waals surface area contributed by atoms with Gasteiger partial charge in [-0.3, -0.25) is 0 Å². The molecule has 1 aromatic carbocycles. The summed E-state index contributed by atoms with van der Waals surface area (Å²) >= 11 is 0. The minimum absolute atomic E-state index is 0.771. The molecule has 1 N–H and O–H groups in total. The number of H-pyrrole nitrogens is 1. The molecule has 3 aromatic rings. The Morgan fingerprint density at radius 1 is 0.962 bits per heavy atom. The minimum Gasteiger partial charge on any atom is -0.361 e. The summed E-state index contributed by atoms with van der Waals surface area (Å²) in [5.74, 6) is 0. The second-order valence-electron chi connectivity index (χ2n) is 4.54. The summed E-state index contributed by atoms with van der Waals surface area (Å²) in [6.07, 6.45) is 7.71. The average molecular weight is 361 g/mol. The Morgan fingerprint density at radius 3 is 2.15 bits per heavy atom. The van der Waals surface area contributed by atoms with Crippen molar-refractivity contribution >= 4 is 10.9 Å². The predicted octanol–water partition coefficient (Wildman–Crippen LogP) is 6.87. The van der Waals surface area contributed by atoms with Crippen LogP contribution < -0.4 is 0 Å². The lowest BCUT2D eigenvalue weighted by molar-refractivity contribution is 0.685. The van der Waals surface area contributed by atoms with E-state index in [-0.39, 0.29) is 0 Å². The number of aromatic amines is 1. The molecule has 0 saturated carbocycles. The fraction of sp³-hybridized carbons (Fsp3) is 0.545. The van der Waals surface area contributed by atoms with Crippen molar-refractivity contribution in [3.8, 4) is 0 Å². The highest BCUT2D eigenvalue weighted by molar-refractivity contribution is 5.83. The fourth-order valence-electron chi connectivity index (χ4n) is 2.30. The number of nitrogens with zero attached hydrogens (tertiary/aromatic N) is 3. The number of aromatic nitrogens is 4. The van der Waals surface area contributed by atoms with Gasteiger partial charge in [0.15, 0.2) is 0 Å². The number of hydrogen-bond acceptors (Lipinski definition) is 2. The lowest BCUT2D eigenvalue weighted by atomic mass is 10.1. The van der Waals surface area contributed by atoms with E-state index in [0.29, 0.717) is 0 Å². The Hall–Kier alpha value is -2.10. The van der Waals surface area contributed by atoms with E-state index in [1.807, 2.05) is 60.1 Å². The van der Waals surface area contributed by atoms with Crippen LogP contribution in [0, 0.1) is 0 Å². The van der Waals surface area contributed by atoms with Gasteiger partial charge < -0.3 is 4.98 Å². The van der Waals surface area contributed by atoms with Crippen LogP contribution in [0.4, 0.5) is 0 Å². The summed E-state index contributed by atoms with van der Waals surface area (Å²) in [6.45, 7) is 19.0. The fourth-order valence-corrected chi connectivity index (χ4v) is 2.30. The van der Waals surface area contributed by atoms with Crippen molar-refractivity contribution in [1.82, 2.24) is 19.7 Å². The standard InChI is InChI=1S/C14H16N4.4C2H6/c1-2-3-12-7-16-14-5-4-11(6-13(12)14)8-18-10-15-9-17-18;4*1-2/h4-7,9-10,16H,2-3,8H2,1H3;4*1-2H3. The Balaban J connectivity index is 0. The maximum Gasteiger partial charge on any atom is 0.137 e. The number of benzene rings is 1. The summed E-state index contributed by atoms with van der Waals surface area (Å²) in [7, 11) is 0. The van der Waals surface area contributed by atoms with E-state index in [1.54, 1.807) is 12.7 Å². The average Bonchev–Trinajstić information content (AvgIpc) is 3.39. The van der Waals surface area contributed by atoms with Gasteiger partial charge in [-0.05, 0) is 29.7 Å². The largest absolute Gasteiger partial charge is 0.361 e. The van der Waals surface area contributed by atoms with Gasteiger partial charge >= 0.3 is 0 Å². The molecule has 4 nitrogen and oxygen atoms in total. The molecule has 3 rings (SSSR count). The zero-order valence-corrected chi connectivity index (χ0v) is 18.4. The van der Waals surface area contributed by atoms with Crippen molar-refractivity contribution in [1.29, 1.82) is 0 Å². The Kier molecular flexibility index (Phi) is 17.8. The molecular weight excluding hydrogens is 320 g/mol. The highest BCUT2D eigenvalue weighted by atomic mass is 15.3. The van der Waals surface area contributed by atoms with Crippen LogP contribution in [0.3, 0.4) is 0 Å². The van der Waals surface area contributed by atoms with Crippen molar-refractivity contribution in [3.05, 3.63) is 48.2 Å². The topological polar surface area (TPSA) is 46.5 Å². The van der Waals surface area contributed by atoms with Gasteiger partial charge in [0, 0.05) is 17.1 Å². The van der Waals surface area contributed by atoms with Crippen LogP contribution in [0.1, 0.15) is 79.9 Å². The molecule has 4 heteroatoms. The molecule has 2 aromatic heterocycles. The summed E-state index contributed by atoms with van der Waals surface area (Å²) < 4.78 is 1.84. The van der Waals surface area contributed by atoms with Crippen LogP contribution in [0.25, 0.3) is 10.9 Å². The van der Waals surface area contributed by atoms with Crippen LogP contribution in [0.2, 0.25) is 0 Å². The molecule has 0 atom stereocenters. The van der Waals surface area contributed by atoms with E-state index in [9.17, 15) is 0 Å². The minimum atomic E-state index is 0.771. The van der Waals surface area contributed by atoms with E-state index in [0.717, 1.165) is 13.0 Å². The third-order valence-corrected chi connectivity index (χ3v) is 3.16. The molecule has 0 aliphatic heterocycles. The van der Waals surface area contributed by atoms with Crippen molar-refractivity contribution in [2.75, 3.05) is 0 Å². The molecule has 0 fully saturated rings. The maximum absolute atomic E-state index is 4.14. The summed E-state index contributed by atoms with van der Waals surface area (Å²) in [5.41, 5.74) is 3.86. The molecule has 148 valence electrons. The normalized spacial score (nSPS) is 8.65. The first-order chi connectivity index (χ1) is 12.9. The first-order valence-electron chi connectivity index (χ1n) is 10.3. The van der Waals surface area contributed by atoms with E-state index in [2.05, 4.69) is 46.4 Å². The number of aryl methyl sites for hydroxylation is 1. The second-order valence-corrected chi connectivity index (χ2v) is 4.54. The van der Waals surface area contributed by atoms with Gasteiger partial charge in [-0.15, -0.1) is 0 Å². The van der Waals surface area contributed by atoms with Crippen LogP contribution in [-0.2, 0) is 13.0 Å². The van der Waals surface area contributed by atoms with E-state index >= 15 is 0 Å². The first-order valence-corrected chi connectivity index (χ1v) is 10.3. The quantitative estimate of drug-likeness (QED) is 0.552. The van der Waals surface area contributed by atoms with Gasteiger partial charge in [0.05, 0.1) is 6.54 Å². The third-order valence-electron chi connectivity index (χ3n) is 3.16. The predicted molar refractivity (Wildman–Crippen MR) is 117 cm³/mol. The van der Waals surface area contributed by atoms with E-state index in [4.69, 9.17) is 0 Å². The molecule has 2 heterocycles. The zero-order chi connectivity index (χ0) is 20.4. The Morgan fingerprint density at radius 2 is 1.62 bits per heavy atom. The van der Waals surface area contributed by atoms with E-state index < -0.39 is 0 Å². The van der Waals surface area contributed by atoms with Gasteiger partial charge in [0.25, 0.3) is 0 Å². The van der Waals surface area contributed by atoms with Gasteiger partial charge in [0.1, 0.15) is 12.7 Å². The smallest absolute Gasteiger partial charge is 0.137 e. The molecule has 26 heavy (non-hydrogen) atoms. The molecule has 0 radical (unpaired) electrons. The van der Waals surface area contributed by atoms with Gasteiger partial charge in [-0.25, -0.2) is 9.67 Å². The van der Waals surface area contributed by atoms with Crippen LogP contribution in [-0.4, -0.2) is 19.7 Å². The van der Waals surface area contributed by atoms with Crippen LogP contribution in [0.5, 0.6) is 0 Å². The molecule has 0 saturated heterocycles. The highest BCUT2D eigenvalue weighted by Gasteiger charge is 2.04. The number of nitrogens with one attached hydrogen (secondary N) is 1. The SMILES string of the molecule is CC.CC.CC.CC.CCCc1c[nH]c2ccc(Cn3cncn3)cc12. The van der Waals surface area contributed by atoms with Crippen molar-refractivity contribution in [2.45, 2.75) is 81.7 Å². The van der Waals surface area contributed by atoms with Gasteiger partial charge in [-0.1, -0.05) is 74.8 Å². The maximum atomic E-state index is 4.14. The molecule has 0 unspecified atom stereocenters. The van der Waals surface area contributed by atoms with Crippen LogP contribution in [0.15, 0.2) is 37.1 Å². The zero-order valence-electron chi connectivity index (χ0n) is 18.4. The Bertz CT molecular complexity index is 639. The van der Waals surface area contributed by atoms with Crippen LogP contribution >= 0.6 is 0 Å².